The summed E-state index contributed by atoms with van der Waals surface area (Å²) in [6.45, 7) is 4.10. The zero-order valence-corrected chi connectivity index (χ0v) is 9.04. The van der Waals surface area contributed by atoms with Crippen molar-refractivity contribution in [2.24, 2.45) is 0 Å². The van der Waals surface area contributed by atoms with Gasteiger partial charge in [-0.2, -0.15) is 0 Å². The lowest BCUT2D eigenvalue weighted by Crippen LogP contribution is -2.10. The highest BCUT2D eigenvalue weighted by atomic mass is 35.5. The van der Waals surface area contributed by atoms with Gasteiger partial charge in [-0.1, -0.05) is 29.8 Å². The van der Waals surface area contributed by atoms with E-state index in [9.17, 15) is 4.79 Å². The Hall–Kier alpha value is -1.02. The normalized spacial score (nSPS) is 12.2. The van der Waals surface area contributed by atoms with Crippen molar-refractivity contribution in [2.75, 3.05) is 6.61 Å². The van der Waals surface area contributed by atoms with Crippen molar-refractivity contribution in [3.63, 3.8) is 0 Å². The Morgan fingerprint density at radius 2 is 2.00 bits per heavy atom. The minimum Gasteiger partial charge on any atom is -0.465 e. The molecule has 1 unspecified atom stereocenters. The molecule has 0 saturated heterocycles. The molecule has 0 spiro atoms. The second-order valence-corrected chi connectivity index (χ2v) is 3.46. The quantitative estimate of drug-likeness (QED) is 0.569. The minimum absolute atomic E-state index is 0.355. The summed E-state index contributed by atoms with van der Waals surface area (Å²) in [7, 11) is 0. The number of rotatable bonds is 3. The second kappa shape index (κ2) is 5.01. The molecule has 3 heteroatoms. The Bertz CT molecular complexity index is 306. The third-order valence-corrected chi connectivity index (χ3v) is 2.29. The van der Waals surface area contributed by atoms with Crippen LogP contribution in [0, 0.1) is 6.92 Å². The fraction of sp³-hybridized carbons (Fsp3) is 0.364. The lowest BCUT2D eigenvalue weighted by molar-refractivity contribution is -0.142. The van der Waals surface area contributed by atoms with Gasteiger partial charge in [-0.25, -0.2) is 0 Å². The molecule has 0 fully saturated rings. The molecule has 1 rings (SSSR count). The van der Waals surface area contributed by atoms with Gasteiger partial charge in [0.25, 0.3) is 0 Å². The number of hydrogen-bond acceptors (Lipinski definition) is 2. The molecule has 0 amide bonds. The smallest absolute Gasteiger partial charge is 0.328 e. The molecular formula is C11H13ClO2. The van der Waals surface area contributed by atoms with Crippen LogP contribution in [0.4, 0.5) is 0 Å². The Balaban J connectivity index is 2.73. The number of hydrogen-bond donors (Lipinski definition) is 0. The molecule has 1 aromatic carbocycles. The van der Waals surface area contributed by atoms with Crippen LogP contribution in [0.2, 0.25) is 0 Å². The van der Waals surface area contributed by atoms with E-state index < -0.39 is 11.3 Å². The van der Waals surface area contributed by atoms with Gasteiger partial charge in [0.1, 0.15) is 0 Å². The average molecular weight is 213 g/mol. The van der Waals surface area contributed by atoms with Gasteiger partial charge in [0.05, 0.1) is 6.61 Å². The molecule has 14 heavy (non-hydrogen) atoms. The van der Waals surface area contributed by atoms with E-state index in [4.69, 9.17) is 16.3 Å². The highest BCUT2D eigenvalue weighted by molar-refractivity contribution is 6.29. The van der Waals surface area contributed by atoms with Crippen LogP contribution in [-0.4, -0.2) is 12.6 Å². The van der Waals surface area contributed by atoms with E-state index in [0.717, 1.165) is 11.1 Å². The molecule has 0 N–H and O–H groups in total. The summed E-state index contributed by atoms with van der Waals surface area (Å²) in [6.07, 6.45) is 0. The van der Waals surface area contributed by atoms with Gasteiger partial charge < -0.3 is 4.74 Å². The second-order valence-electron chi connectivity index (χ2n) is 3.03. The highest BCUT2D eigenvalue weighted by Gasteiger charge is 2.18. The molecule has 0 aromatic heterocycles. The lowest BCUT2D eigenvalue weighted by Gasteiger charge is -2.08. The van der Waals surface area contributed by atoms with E-state index in [1.165, 1.54) is 0 Å². The van der Waals surface area contributed by atoms with Gasteiger partial charge in [0, 0.05) is 0 Å². The third kappa shape index (κ3) is 2.74. The van der Waals surface area contributed by atoms with Crippen LogP contribution < -0.4 is 0 Å². The first kappa shape index (κ1) is 11.1. The summed E-state index contributed by atoms with van der Waals surface area (Å²) in [5, 5.41) is -0.699. The van der Waals surface area contributed by atoms with Crippen molar-refractivity contribution in [3.05, 3.63) is 35.4 Å². The van der Waals surface area contributed by atoms with E-state index in [1.807, 2.05) is 31.2 Å². The Kier molecular flexibility index (Phi) is 3.96. The topological polar surface area (TPSA) is 26.3 Å². The fourth-order valence-corrected chi connectivity index (χ4v) is 1.30. The van der Waals surface area contributed by atoms with Gasteiger partial charge in [0.2, 0.25) is 0 Å². The van der Waals surface area contributed by atoms with E-state index >= 15 is 0 Å². The van der Waals surface area contributed by atoms with Crippen molar-refractivity contribution >= 4 is 17.6 Å². The zero-order chi connectivity index (χ0) is 10.6. The molecule has 1 aromatic rings. The molecule has 0 aliphatic carbocycles. The number of esters is 1. The number of benzene rings is 1. The molecule has 1 atom stereocenters. The van der Waals surface area contributed by atoms with Crippen LogP contribution in [-0.2, 0) is 9.53 Å². The van der Waals surface area contributed by atoms with Crippen molar-refractivity contribution < 1.29 is 9.53 Å². The zero-order valence-electron chi connectivity index (χ0n) is 8.29. The monoisotopic (exact) mass is 212 g/mol. The third-order valence-electron chi connectivity index (χ3n) is 1.86. The molecule has 0 radical (unpaired) electrons. The van der Waals surface area contributed by atoms with Crippen molar-refractivity contribution in [1.29, 1.82) is 0 Å². The number of aryl methyl sites for hydroxylation is 1. The summed E-state index contributed by atoms with van der Waals surface area (Å²) in [6, 6.07) is 7.52. The predicted octanol–water partition coefficient (Wildman–Crippen LogP) is 2.84. The molecule has 0 bridgehead atoms. The average Bonchev–Trinajstić information content (AvgIpc) is 2.18. The highest BCUT2D eigenvalue weighted by Crippen LogP contribution is 2.22. The van der Waals surface area contributed by atoms with Crippen molar-refractivity contribution in [3.8, 4) is 0 Å². The van der Waals surface area contributed by atoms with Crippen LogP contribution in [0.15, 0.2) is 24.3 Å². The largest absolute Gasteiger partial charge is 0.465 e. The number of carbonyl (C=O) groups is 1. The Labute approximate surface area is 88.8 Å². The Morgan fingerprint density at radius 3 is 2.50 bits per heavy atom. The number of alkyl halides is 1. The van der Waals surface area contributed by atoms with Crippen LogP contribution in [0.1, 0.15) is 23.4 Å². The SMILES string of the molecule is CCOC(=O)C(Cl)c1ccc(C)cc1. The van der Waals surface area contributed by atoms with E-state index in [0.29, 0.717) is 6.61 Å². The first-order chi connectivity index (χ1) is 6.65. The molecule has 76 valence electrons. The molecule has 0 saturated carbocycles. The number of halogens is 1. The molecule has 0 aliphatic rings. The van der Waals surface area contributed by atoms with E-state index in [1.54, 1.807) is 6.92 Å². The van der Waals surface area contributed by atoms with E-state index in [-0.39, 0.29) is 0 Å². The van der Waals surface area contributed by atoms with Crippen LogP contribution in [0.5, 0.6) is 0 Å². The lowest BCUT2D eigenvalue weighted by atomic mass is 10.1. The van der Waals surface area contributed by atoms with Crippen LogP contribution in [0.3, 0.4) is 0 Å². The maximum absolute atomic E-state index is 11.3. The van der Waals surface area contributed by atoms with Gasteiger partial charge in [-0.05, 0) is 19.4 Å². The predicted molar refractivity (Wildman–Crippen MR) is 56.4 cm³/mol. The molecule has 0 heterocycles. The summed E-state index contributed by atoms with van der Waals surface area (Å²) < 4.78 is 4.82. The molecule has 0 aliphatic heterocycles. The molecule has 2 nitrogen and oxygen atoms in total. The van der Waals surface area contributed by atoms with Crippen LogP contribution in [0.25, 0.3) is 0 Å². The molecular weight excluding hydrogens is 200 g/mol. The minimum atomic E-state index is -0.699. The van der Waals surface area contributed by atoms with Gasteiger partial charge in [-0.15, -0.1) is 11.6 Å². The standard InChI is InChI=1S/C11H13ClO2/c1-3-14-11(13)10(12)9-6-4-8(2)5-7-9/h4-7,10H,3H2,1-2H3. The van der Waals surface area contributed by atoms with Crippen LogP contribution >= 0.6 is 11.6 Å². The van der Waals surface area contributed by atoms with Crippen molar-refractivity contribution in [2.45, 2.75) is 19.2 Å². The number of ether oxygens (including phenoxy) is 1. The maximum Gasteiger partial charge on any atom is 0.328 e. The summed E-state index contributed by atoms with van der Waals surface area (Å²) in [5.41, 5.74) is 1.91. The first-order valence-electron chi connectivity index (χ1n) is 4.52. The first-order valence-corrected chi connectivity index (χ1v) is 4.96. The van der Waals surface area contributed by atoms with Crippen molar-refractivity contribution in [1.82, 2.24) is 0 Å². The van der Waals surface area contributed by atoms with E-state index in [2.05, 4.69) is 0 Å². The summed E-state index contributed by atoms with van der Waals surface area (Å²) in [4.78, 5) is 11.3. The fourth-order valence-electron chi connectivity index (χ4n) is 1.09. The summed E-state index contributed by atoms with van der Waals surface area (Å²) >= 11 is 5.91. The maximum atomic E-state index is 11.3. The van der Waals surface area contributed by atoms with Gasteiger partial charge in [0.15, 0.2) is 5.38 Å². The van der Waals surface area contributed by atoms with Gasteiger partial charge in [-0.3, -0.25) is 4.79 Å². The summed E-state index contributed by atoms with van der Waals surface area (Å²) in [5.74, 6) is -0.391. The van der Waals surface area contributed by atoms with Gasteiger partial charge >= 0.3 is 5.97 Å². The Morgan fingerprint density at radius 1 is 1.43 bits per heavy atom. The number of carbonyl (C=O) groups excluding carboxylic acids is 1.